The van der Waals surface area contributed by atoms with Crippen LogP contribution >= 0.6 is 0 Å². The summed E-state index contributed by atoms with van der Waals surface area (Å²) in [5.41, 5.74) is 1.79. The second-order valence-electron chi connectivity index (χ2n) is 5.25. The zero-order valence-electron chi connectivity index (χ0n) is 13.7. The first-order valence-electron chi connectivity index (χ1n) is 7.12. The van der Waals surface area contributed by atoms with Gasteiger partial charge in [-0.15, -0.1) is 0 Å². The topological polar surface area (TPSA) is 55.8 Å². The Hall–Kier alpha value is -2.05. The molecule has 23 heavy (non-hydrogen) atoms. The van der Waals surface area contributed by atoms with E-state index in [4.69, 9.17) is 9.47 Å². The van der Waals surface area contributed by atoms with E-state index < -0.39 is 10.0 Å². The number of ether oxygens (including phenoxy) is 2. The summed E-state index contributed by atoms with van der Waals surface area (Å²) in [5.74, 6) is 1.25. The third kappa shape index (κ3) is 3.83. The summed E-state index contributed by atoms with van der Waals surface area (Å²) in [5, 5.41) is 0. The first-order valence-corrected chi connectivity index (χ1v) is 8.56. The van der Waals surface area contributed by atoms with E-state index in [0.717, 1.165) is 11.1 Å². The molecule has 0 aliphatic heterocycles. The zero-order chi connectivity index (χ0) is 17.0. The van der Waals surface area contributed by atoms with Gasteiger partial charge in [-0.3, -0.25) is 0 Å². The molecule has 0 saturated heterocycles. The predicted molar refractivity (Wildman–Crippen MR) is 89.4 cm³/mol. The van der Waals surface area contributed by atoms with Crippen molar-refractivity contribution in [3.05, 3.63) is 53.6 Å². The van der Waals surface area contributed by atoms with Crippen molar-refractivity contribution in [3.8, 4) is 11.5 Å². The van der Waals surface area contributed by atoms with Gasteiger partial charge in [0.2, 0.25) is 10.0 Å². The van der Waals surface area contributed by atoms with Gasteiger partial charge in [0.25, 0.3) is 0 Å². The van der Waals surface area contributed by atoms with Gasteiger partial charge in [0, 0.05) is 25.2 Å². The maximum Gasteiger partial charge on any atom is 0.243 e. The lowest BCUT2D eigenvalue weighted by Gasteiger charge is -2.19. The molecule has 0 spiro atoms. The molecule has 0 heterocycles. The summed E-state index contributed by atoms with van der Waals surface area (Å²) >= 11 is 0. The van der Waals surface area contributed by atoms with E-state index >= 15 is 0 Å². The van der Waals surface area contributed by atoms with Crippen molar-refractivity contribution in [2.24, 2.45) is 0 Å². The van der Waals surface area contributed by atoms with Crippen LogP contribution in [0, 0.1) is 6.92 Å². The fraction of sp³-hybridized carbons (Fsp3) is 0.294. The van der Waals surface area contributed by atoms with Gasteiger partial charge in [0.1, 0.15) is 11.5 Å². The van der Waals surface area contributed by atoms with Gasteiger partial charge in [0.05, 0.1) is 19.1 Å². The molecule has 0 aliphatic rings. The summed E-state index contributed by atoms with van der Waals surface area (Å²) in [4.78, 5) is 0.276. The van der Waals surface area contributed by atoms with Crippen molar-refractivity contribution in [1.29, 1.82) is 0 Å². The molecule has 0 atom stereocenters. The first kappa shape index (κ1) is 17.3. The lowest BCUT2D eigenvalue weighted by atomic mass is 10.2. The number of rotatable bonds is 6. The van der Waals surface area contributed by atoms with Gasteiger partial charge in [-0.2, -0.15) is 4.31 Å². The lowest BCUT2D eigenvalue weighted by molar-refractivity contribution is 0.384. The van der Waals surface area contributed by atoms with Crippen LogP contribution in [0.5, 0.6) is 11.5 Å². The van der Waals surface area contributed by atoms with E-state index in [2.05, 4.69) is 0 Å². The van der Waals surface area contributed by atoms with E-state index in [9.17, 15) is 8.42 Å². The third-order valence-corrected chi connectivity index (χ3v) is 5.43. The molecule has 0 bridgehead atoms. The molecule has 0 amide bonds. The average molecular weight is 335 g/mol. The maximum atomic E-state index is 12.6. The van der Waals surface area contributed by atoms with E-state index in [1.807, 2.05) is 6.92 Å². The molecule has 0 saturated carbocycles. The van der Waals surface area contributed by atoms with Gasteiger partial charge in [-0.1, -0.05) is 23.8 Å². The second kappa shape index (κ2) is 7.02. The molecule has 5 nitrogen and oxygen atoms in total. The molecular weight excluding hydrogens is 314 g/mol. The molecule has 0 aliphatic carbocycles. The largest absolute Gasteiger partial charge is 0.497 e. The molecule has 0 N–H and O–H groups in total. The van der Waals surface area contributed by atoms with Crippen LogP contribution in [0.3, 0.4) is 0 Å². The van der Waals surface area contributed by atoms with E-state index in [0.29, 0.717) is 11.5 Å². The van der Waals surface area contributed by atoms with Crippen LogP contribution in [0.2, 0.25) is 0 Å². The second-order valence-corrected chi connectivity index (χ2v) is 7.30. The van der Waals surface area contributed by atoms with E-state index in [1.54, 1.807) is 63.7 Å². The van der Waals surface area contributed by atoms with Crippen LogP contribution in [-0.4, -0.2) is 34.0 Å². The average Bonchev–Trinajstić information content (AvgIpc) is 2.55. The summed E-state index contributed by atoms with van der Waals surface area (Å²) < 4.78 is 37.0. The van der Waals surface area contributed by atoms with E-state index in [1.165, 1.54) is 4.31 Å². The number of nitrogens with zero attached hydrogens (tertiary/aromatic N) is 1. The van der Waals surface area contributed by atoms with Crippen LogP contribution in [0.4, 0.5) is 0 Å². The van der Waals surface area contributed by atoms with Crippen molar-refractivity contribution < 1.29 is 17.9 Å². The van der Waals surface area contributed by atoms with Crippen LogP contribution < -0.4 is 9.47 Å². The highest BCUT2D eigenvalue weighted by Crippen LogP contribution is 2.27. The monoisotopic (exact) mass is 335 g/mol. The number of hydrogen-bond donors (Lipinski definition) is 0. The highest BCUT2D eigenvalue weighted by atomic mass is 32.2. The molecule has 0 fully saturated rings. The van der Waals surface area contributed by atoms with Crippen molar-refractivity contribution in [1.82, 2.24) is 4.31 Å². The number of benzene rings is 2. The summed E-state index contributed by atoms with van der Waals surface area (Å²) in [6.45, 7) is 2.13. The Kier molecular flexibility index (Phi) is 5.28. The van der Waals surface area contributed by atoms with Gasteiger partial charge < -0.3 is 9.47 Å². The van der Waals surface area contributed by atoms with Crippen molar-refractivity contribution in [3.63, 3.8) is 0 Å². The Labute approximate surface area is 137 Å². The van der Waals surface area contributed by atoms with Crippen molar-refractivity contribution in [2.45, 2.75) is 18.4 Å². The van der Waals surface area contributed by atoms with Crippen LogP contribution in [-0.2, 0) is 16.6 Å². The fourth-order valence-corrected chi connectivity index (χ4v) is 3.35. The minimum atomic E-state index is -3.55. The summed E-state index contributed by atoms with van der Waals surface area (Å²) in [6.07, 6.45) is 0. The van der Waals surface area contributed by atoms with Crippen LogP contribution in [0.1, 0.15) is 11.1 Å². The first-order chi connectivity index (χ1) is 10.9. The van der Waals surface area contributed by atoms with E-state index in [-0.39, 0.29) is 11.4 Å². The Morgan fingerprint density at radius 2 is 1.65 bits per heavy atom. The lowest BCUT2D eigenvalue weighted by Crippen LogP contribution is -2.26. The minimum absolute atomic E-state index is 0.212. The number of aryl methyl sites for hydroxylation is 1. The van der Waals surface area contributed by atoms with Gasteiger partial charge in [-0.25, -0.2) is 8.42 Å². The number of sulfonamides is 1. The maximum absolute atomic E-state index is 12.6. The smallest absolute Gasteiger partial charge is 0.243 e. The SMILES string of the molecule is COc1ccc(CN(C)S(=O)(=O)c2ccc(C)cc2)c(OC)c1. The molecule has 0 radical (unpaired) electrons. The molecule has 0 unspecified atom stereocenters. The molecule has 6 heteroatoms. The van der Waals surface area contributed by atoms with Crippen molar-refractivity contribution >= 4 is 10.0 Å². The Balaban J connectivity index is 2.27. The normalized spacial score (nSPS) is 11.5. The van der Waals surface area contributed by atoms with Gasteiger partial charge in [-0.05, 0) is 25.1 Å². The molecule has 124 valence electrons. The zero-order valence-corrected chi connectivity index (χ0v) is 14.6. The molecular formula is C17H21NO4S. The van der Waals surface area contributed by atoms with Crippen LogP contribution in [0.15, 0.2) is 47.4 Å². The minimum Gasteiger partial charge on any atom is -0.497 e. The molecule has 2 aromatic rings. The fourth-order valence-electron chi connectivity index (χ4n) is 2.20. The Morgan fingerprint density at radius 1 is 1.00 bits per heavy atom. The highest BCUT2D eigenvalue weighted by molar-refractivity contribution is 7.89. The Bertz CT molecular complexity index is 770. The standard InChI is InChI=1S/C17H21NO4S/c1-13-5-9-16(10-6-13)23(19,20)18(2)12-14-7-8-15(21-3)11-17(14)22-4/h5-11H,12H2,1-4H3. The summed E-state index contributed by atoms with van der Waals surface area (Å²) in [6, 6.07) is 12.1. The predicted octanol–water partition coefficient (Wildman–Crippen LogP) is 2.83. The number of hydrogen-bond acceptors (Lipinski definition) is 4. The van der Waals surface area contributed by atoms with Gasteiger partial charge in [0.15, 0.2) is 0 Å². The number of methoxy groups -OCH3 is 2. The molecule has 2 aromatic carbocycles. The third-order valence-electron chi connectivity index (χ3n) is 3.62. The van der Waals surface area contributed by atoms with Crippen molar-refractivity contribution in [2.75, 3.05) is 21.3 Å². The highest BCUT2D eigenvalue weighted by Gasteiger charge is 2.22. The Morgan fingerprint density at radius 3 is 2.22 bits per heavy atom. The molecule has 2 rings (SSSR count). The molecule has 0 aromatic heterocycles. The quantitative estimate of drug-likeness (QED) is 0.814. The summed E-state index contributed by atoms with van der Waals surface area (Å²) in [7, 11) is 1.13. The van der Waals surface area contributed by atoms with Crippen LogP contribution in [0.25, 0.3) is 0 Å². The van der Waals surface area contributed by atoms with Gasteiger partial charge >= 0.3 is 0 Å².